The average molecular weight is 477 g/mol. The molecule has 2 heterocycles. The summed E-state index contributed by atoms with van der Waals surface area (Å²) in [6.07, 6.45) is 3.46. The van der Waals surface area contributed by atoms with Gasteiger partial charge in [-0.2, -0.15) is 9.78 Å². The largest absolute Gasteiger partial charge is 0.483 e. The fourth-order valence-electron chi connectivity index (χ4n) is 4.40. The molecule has 33 heavy (non-hydrogen) atoms. The van der Waals surface area contributed by atoms with Crippen LogP contribution in [0.5, 0.6) is 5.75 Å². The second-order valence-electron chi connectivity index (χ2n) is 9.38. The van der Waals surface area contributed by atoms with Crippen molar-refractivity contribution in [2.45, 2.75) is 63.5 Å². The second kappa shape index (κ2) is 9.93. The van der Waals surface area contributed by atoms with Crippen LogP contribution in [-0.4, -0.2) is 61.5 Å². The highest BCUT2D eigenvalue weighted by atomic mass is 32.2. The Bertz CT molecular complexity index is 1030. The molecule has 1 aromatic heterocycles. The number of alkyl halides is 1. The van der Waals surface area contributed by atoms with Crippen molar-refractivity contribution in [3.63, 3.8) is 0 Å². The SMILES string of the molecule is CC(C)S(=O)N1CCN(c2cnn(-c3ccccc3)c(=O)c2OC2CCC(C)(F)CC2)CC1. The lowest BCUT2D eigenvalue weighted by molar-refractivity contribution is 0.0571. The van der Waals surface area contributed by atoms with Gasteiger partial charge in [0, 0.05) is 31.4 Å². The summed E-state index contributed by atoms with van der Waals surface area (Å²) in [5.41, 5.74) is -0.180. The number of rotatable bonds is 6. The van der Waals surface area contributed by atoms with E-state index in [0.717, 1.165) is 0 Å². The molecule has 1 saturated heterocycles. The molecule has 0 spiro atoms. The summed E-state index contributed by atoms with van der Waals surface area (Å²) in [6.45, 7) is 8.05. The molecule has 2 aliphatic rings. The summed E-state index contributed by atoms with van der Waals surface area (Å²) >= 11 is 0. The van der Waals surface area contributed by atoms with Crippen molar-refractivity contribution in [2.24, 2.45) is 0 Å². The molecular weight excluding hydrogens is 443 g/mol. The van der Waals surface area contributed by atoms with Crippen molar-refractivity contribution in [1.82, 2.24) is 14.1 Å². The smallest absolute Gasteiger partial charge is 0.316 e. The Morgan fingerprint density at radius 3 is 2.36 bits per heavy atom. The summed E-state index contributed by atoms with van der Waals surface area (Å²) in [5, 5.41) is 4.50. The van der Waals surface area contributed by atoms with Gasteiger partial charge in [0.25, 0.3) is 0 Å². The average Bonchev–Trinajstić information content (AvgIpc) is 2.81. The van der Waals surface area contributed by atoms with E-state index >= 15 is 0 Å². The molecule has 0 amide bonds. The number of piperazine rings is 1. The Hall–Kier alpha value is -2.26. The molecule has 1 aliphatic heterocycles. The van der Waals surface area contributed by atoms with E-state index in [1.165, 1.54) is 4.68 Å². The molecule has 1 unspecified atom stereocenters. The number of para-hydroxylation sites is 1. The van der Waals surface area contributed by atoms with Gasteiger partial charge < -0.3 is 9.64 Å². The topological polar surface area (TPSA) is 67.7 Å². The zero-order valence-electron chi connectivity index (χ0n) is 19.6. The molecule has 2 aromatic rings. The van der Waals surface area contributed by atoms with Crippen molar-refractivity contribution in [3.8, 4) is 11.4 Å². The van der Waals surface area contributed by atoms with Gasteiger partial charge in [-0.3, -0.25) is 4.79 Å². The van der Waals surface area contributed by atoms with Gasteiger partial charge in [0.05, 0.1) is 29.0 Å². The normalized spacial score (nSPS) is 25.2. The zero-order valence-corrected chi connectivity index (χ0v) is 20.4. The molecule has 0 radical (unpaired) electrons. The van der Waals surface area contributed by atoms with Crippen molar-refractivity contribution >= 4 is 16.7 Å². The molecule has 1 atom stereocenters. The van der Waals surface area contributed by atoms with Gasteiger partial charge in [0.1, 0.15) is 11.4 Å². The van der Waals surface area contributed by atoms with Gasteiger partial charge in [-0.1, -0.05) is 18.2 Å². The summed E-state index contributed by atoms with van der Waals surface area (Å²) < 4.78 is 36.4. The van der Waals surface area contributed by atoms with E-state index in [1.54, 1.807) is 13.1 Å². The van der Waals surface area contributed by atoms with Crippen LogP contribution in [0.3, 0.4) is 0 Å². The van der Waals surface area contributed by atoms with Crippen LogP contribution in [0.2, 0.25) is 0 Å². The quantitative estimate of drug-likeness (QED) is 0.639. The van der Waals surface area contributed by atoms with Crippen LogP contribution < -0.4 is 15.2 Å². The summed E-state index contributed by atoms with van der Waals surface area (Å²) in [4.78, 5) is 15.6. The van der Waals surface area contributed by atoms with E-state index in [1.807, 2.05) is 48.5 Å². The number of hydrogen-bond donors (Lipinski definition) is 0. The van der Waals surface area contributed by atoms with E-state index in [9.17, 15) is 13.4 Å². The monoisotopic (exact) mass is 476 g/mol. The summed E-state index contributed by atoms with van der Waals surface area (Å²) in [6, 6.07) is 9.25. The minimum absolute atomic E-state index is 0.0689. The maximum Gasteiger partial charge on any atom is 0.316 e. The number of halogens is 1. The molecule has 1 aliphatic carbocycles. The van der Waals surface area contributed by atoms with Gasteiger partial charge in [-0.15, -0.1) is 0 Å². The van der Waals surface area contributed by atoms with Gasteiger partial charge in [0.2, 0.25) is 5.75 Å². The highest BCUT2D eigenvalue weighted by molar-refractivity contribution is 7.83. The van der Waals surface area contributed by atoms with E-state index in [-0.39, 0.29) is 22.7 Å². The summed E-state index contributed by atoms with van der Waals surface area (Å²) in [5.74, 6) is 0.264. The lowest BCUT2D eigenvalue weighted by Crippen LogP contribution is -2.49. The molecular formula is C24H33FN4O3S. The number of aromatic nitrogens is 2. The van der Waals surface area contributed by atoms with Crippen molar-refractivity contribution in [1.29, 1.82) is 0 Å². The standard InChI is InChI=1S/C24H33FN4O3S/c1-18(2)33(31)28-15-13-27(14-16-28)21-17-26-29(19-7-5-4-6-8-19)23(30)22(21)32-20-9-11-24(3,25)12-10-20/h4-8,17-18,20H,9-16H2,1-3H3. The van der Waals surface area contributed by atoms with Crippen molar-refractivity contribution in [2.75, 3.05) is 31.1 Å². The second-order valence-corrected chi connectivity index (χ2v) is 11.4. The molecule has 0 bridgehead atoms. The predicted molar refractivity (Wildman–Crippen MR) is 129 cm³/mol. The number of benzene rings is 1. The number of nitrogens with zero attached hydrogens (tertiary/aromatic N) is 4. The molecule has 4 rings (SSSR count). The highest BCUT2D eigenvalue weighted by Gasteiger charge is 2.33. The van der Waals surface area contributed by atoms with E-state index < -0.39 is 16.7 Å². The third-order valence-electron chi connectivity index (χ3n) is 6.41. The van der Waals surface area contributed by atoms with E-state index in [2.05, 4.69) is 10.00 Å². The van der Waals surface area contributed by atoms with E-state index in [4.69, 9.17) is 4.74 Å². The first-order valence-electron chi connectivity index (χ1n) is 11.7. The first kappa shape index (κ1) is 23.9. The lowest BCUT2D eigenvalue weighted by Gasteiger charge is -2.37. The zero-order chi connectivity index (χ0) is 23.6. The minimum atomic E-state index is -1.17. The predicted octanol–water partition coefficient (Wildman–Crippen LogP) is 3.48. The lowest BCUT2D eigenvalue weighted by atomic mass is 9.86. The Labute approximate surface area is 197 Å². The molecule has 9 heteroatoms. The van der Waals surface area contributed by atoms with Crippen LogP contribution in [-0.2, 0) is 11.0 Å². The number of ether oxygens (including phenoxy) is 1. The van der Waals surface area contributed by atoms with Gasteiger partial charge in [-0.25, -0.2) is 12.9 Å². The molecule has 180 valence electrons. The molecule has 1 saturated carbocycles. The van der Waals surface area contributed by atoms with Gasteiger partial charge in [0.15, 0.2) is 0 Å². The fourth-order valence-corrected chi connectivity index (χ4v) is 5.52. The molecule has 7 nitrogen and oxygen atoms in total. The Balaban J connectivity index is 1.62. The Morgan fingerprint density at radius 1 is 1.12 bits per heavy atom. The molecule has 1 aromatic carbocycles. The van der Waals surface area contributed by atoms with Gasteiger partial charge in [-0.05, 0) is 58.6 Å². The molecule has 2 fully saturated rings. The van der Waals surface area contributed by atoms with Crippen LogP contribution in [0, 0.1) is 0 Å². The van der Waals surface area contributed by atoms with Crippen LogP contribution in [0.15, 0.2) is 41.3 Å². The van der Waals surface area contributed by atoms with E-state index in [0.29, 0.717) is 63.2 Å². The van der Waals surface area contributed by atoms with Crippen LogP contribution in [0.25, 0.3) is 5.69 Å². The van der Waals surface area contributed by atoms with Gasteiger partial charge >= 0.3 is 5.56 Å². The first-order chi connectivity index (χ1) is 15.7. The minimum Gasteiger partial charge on any atom is -0.483 e. The number of hydrogen-bond acceptors (Lipinski definition) is 5. The summed E-state index contributed by atoms with van der Waals surface area (Å²) in [7, 11) is -1.02. The van der Waals surface area contributed by atoms with Crippen molar-refractivity contribution < 1.29 is 13.3 Å². The number of anilines is 1. The molecule has 0 N–H and O–H groups in total. The van der Waals surface area contributed by atoms with Crippen molar-refractivity contribution in [3.05, 3.63) is 46.9 Å². The van der Waals surface area contributed by atoms with Crippen LogP contribution in [0.1, 0.15) is 46.5 Å². The Morgan fingerprint density at radius 2 is 1.76 bits per heavy atom. The third kappa shape index (κ3) is 5.46. The van der Waals surface area contributed by atoms with Crippen LogP contribution in [0.4, 0.5) is 10.1 Å². The highest BCUT2D eigenvalue weighted by Crippen LogP contribution is 2.35. The maximum atomic E-state index is 14.3. The van der Waals surface area contributed by atoms with Crippen LogP contribution >= 0.6 is 0 Å². The third-order valence-corrected chi connectivity index (χ3v) is 8.09. The Kier molecular flexibility index (Phi) is 7.19. The maximum absolute atomic E-state index is 14.3. The first-order valence-corrected chi connectivity index (χ1v) is 12.9. The fraction of sp³-hybridized carbons (Fsp3) is 0.583.